The number of hydrogen-bond donors (Lipinski definition) is 0. The van der Waals surface area contributed by atoms with Crippen LogP contribution in [0.4, 0.5) is 0 Å². The van der Waals surface area contributed by atoms with Crippen molar-refractivity contribution in [3.8, 4) is 0 Å². The summed E-state index contributed by atoms with van der Waals surface area (Å²) < 4.78 is 0. The molecular formula is AsFeO3. The molecule has 0 amide bonds. The third-order valence-corrected chi connectivity index (χ3v) is 0. The van der Waals surface area contributed by atoms with Crippen molar-refractivity contribution < 1.29 is 33.5 Å². The normalized spacial score (nSPS) is 0. The molecule has 0 aromatic rings. The minimum Gasteiger partial charge on any atom is -2.00 e. The minimum atomic E-state index is 0. The molecule has 31 valence electrons. The smallest absolute Gasteiger partial charge is 2.00 e. The summed E-state index contributed by atoms with van der Waals surface area (Å²) in [5.74, 6) is 0. The van der Waals surface area contributed by atoms with Crippen LogP contribution in [0.5, 0.6) is 0 Å². The molecule has 5 heavy (non-hydrogen) atoms. The van der Waals surface area contributed by atoms with E-state index < -0.39 is 0 Å². The van der Waals surface area contributed by atoms with Crippen molar-refractivity contribution in [3.05, 3.63) is 0 Å². The van der Waals surface area contributed by atoms with Crippen LogP contribution in [0.1, 0.15) is 0 Å². The zero-order valence-electron chi connectivity index (χ0n) is 2.03. The molecule has 0 heterocycles. The van der Waals surface area contributed by atoms with Crippen LogP contribution in [0, 0.1) is 0 Å². The van der Waals surface area contributed by atoms with Gasteiger partial charge in [0.1, 0.15) is 0 Å². The summed E-state index contributed by atoms with van der Waals surface area (Å²) in [6.45, 7) is 0. The van der Waals surface area contributed by atoms with Crippen molar-refractivity contribution in [3.63, 3.8) is 0 Å². The van der Waals surface area contributed by atoms with Gasteiger partial charge in [0.25, 0.3) is 0 Å². The summed E-state index contributed by atoms with van der Waals surface area (Å²) in [5, 5.41) is 0. The van der Waals surface area contributed by atoms with Crippen LogP contribution in [0.2, 0.25) is 0 Å². The Morgan fingerprint density at radius 1 is 0.600 bits per heavy atom. The summed E-state index contributed by atoms with van der Waals surface area (Å²) in [7, 11) is 0. The Morgan fingerprint density at radius 2 is 0.600 bits per heavy atom. The molecule has 0 aliphatic rings. The van der Waals surface area contributed by atoms with Crippen molar-refractivity contribution >= 4 is 18.0 Å². The van der Waals surface area contributed by atoms with Crippen molar-refractivity contribution in [2.45, 2.75) is 0 Å². The second kappa shape index (κ2) is 84.6. The van der Waals surface area contributed by atoms with Crippen molar-refractivity contribution in [1.82, 2.24) is 0 Å². The fourth-order valence-corrected chi connectivity index (χ4v) is 0. The van der Waals surface area contributed by atoms with Crippen LogP contribution < -0.4 is 0 Å². The van der Waals surface area contributed by atoms with Crippen molar-refractivity contribution in [2.75, 3.05) is 0 Å². The predicted octanol–water partition coefficient (Wildman–Crippen LogP) is -0.740. The largest absolute Gasteiger partial charge is 3.00 e. The Hall–Kier alpha value is 0.958. The Labute approximate surface area is 51.8 Å². The van der Waals surface area contributed by atoms with Gasteiger partial charge >= 0.3 is 35.0 Å². The van der Waals surface area contributed by atoms with Crippen molar-refractivity contribution in [2.24, 2.45) is 0 Å². The molecule has 3 nitrogen and oxygen atoms in total. The SMILES string of the molecule is [As+3].[Fe+3].[O-2].[O-2].[O-2]. The summed E-state index contributed by atoms with van der Waals surface area (Å²) in [6.07, 6.45) is 0. The monoisotopic (exact) mass is 179 g/mol. The quantitative estimate of drug-likeness (QED) is 0.438. The molecule has 0 aromatic carbocycles. The van der Waals surface area contributed by atoms with Gasteiger partial charge in [-0.2, -0.15) is 0 Å². The average molecular weight is 179 g/mol. The van der Waals surface area contributed by atoms with E-state index in [1.165, 1.54) is 0 Å². The van der Waals surface area contributed by atoms with Gasteiger partial charge in [0.15, 0.2) is 0 Å². The second-order valence-electron chi connectivity index (χ2n) is 0. The second-order valence-corrected chi connectivity index (χ2v) is 0. The molecule has 0 fully saturated rings. The molecule has 0 aliphatic carbocycles. The molecule has 0 rings (SSSR count). The summed E-state index contributed by atoms with van der Waals surface area (Å²) >= 11 is 0. The fourth-order valence-electron chi connectivity index (χ4n) is 0. The third-order valence-electron chi connectivity index (χ3n) is 0. The first kappa shape index (κ1) is 160. The summed E-state index contributed by atoms with van der Waals surface area (Å²) in [5.41, 5.74) is 0. The van der Waals surface area contributed by atoms with Gasteiger partial charge in [0.2, 0.25) is 0 Å². The fraction of sp³-hybridized carbons (Fsp3) is 0. The van der Waals surface area contributed by atoms with E-state index in [9.17, 15) is 0 Å². The molecule has 5 heteroatoms. The topological polar surface area (TPSA) is 85.5 Å². The Kier molecular flexibility index (Phi) is 2700. The molecule has 0 unspecified atom stereocenters. The van der Waals surface area contributed by atoms with Gasteiger partial charge in [0, 0.05) is 0 Å². The van der Waals surface area contributed by atoms with E-state index in [1.54, 1.807) is 0 Å². The molecule has 0 bridgehead atoms. The maximum absolute atomic E-state index is 0. The zero-order valence-corrected chi connectivity index (χ0v) is 5.01. The summed E-state index contributed by atoms with van der Waals surface area (Å²) in [6, 6.07) is 0. The van der Waals surface area contributed by atoms with Crippen LogP contribution in [-0.4, -0.2) is 18.0 Å². The maximum atomic E-state index is 0. The first-order valence-corrected chi connectivity index (χ1v) is 0. The zero-order chi connectivity index (χ0) is 0. The van der Waals surface area contributed by atoms with E-state index in [-0.39, 0.29) is 51.5 Å². The summed E-state index contributed by atoms with van der Waals surface area (Å²) in [4.78, 5) is 0. The van der Waals surface area contributed by atoms with Gasteiger partial charge in [-0.25, -0.2) is 0 Å². The van der Waals surface area contributed by atoms with E-state index in [4.69, 9.17) is 0 Å². The van der Waals surface area contributed by atoms with E-state index in [1.807, 2.05) is 0 Å². The van der Waals surface area contributed by atoms with Crippen LogP contribution >= 0.6 is 0 Å². The molecule has 0 atom stereocenters. The molecule has 3 radical (unpaired) electrons. The van der Waals surface area contributed by atoms with Gasteiger partial charge in [-0.05, 0) is 0 Å². The van der Waals surface area contributed by atoms with Crippen LogP contribution in [0.15, 0.2) is 0 Å². The number of rotatable bonds is 0. The van der Waals surface area contributed by atoms with Gasteiger partial charge in [-0.15, -0.1) is 0 Å². The Bertz CT molecular complexity index is 6.85. The van der Waals surface area contributed by atoms with Crippen LogP contribution in [0.25, 0.3) is 0 Å². The predicted molar refractivity (Wildman–Crippen MR) is 7.81 cm³/mol. The van der Waals surface area contributed by atoms with E-state index in [0.29, 0.717) is 0 Å². The Morgan fingerprint density at radius 3 is 0.600 bits per heavy atom. The van der Waals surface area contributed by atoms with Gasteiger partial charge in [-0.1, -0.05) is 0 Å². The third kappa shape index (κ3) is 47.3. The standard InChI is InChI=1S/As.Fe.3O/q2*+3;3*-2. The minimum absolute atomic E-state index is 0. The van der Waals surface area contributed by atoms with Gasteiger partial charge < -0.3 is 16.4 Å². The van der Waals surface area contributed by atoms with Crippen LogP contribution in [0.3, 0.4) is 0 Å². The van der Waals surface area contributed by atoms with Crippen LogP contribution in [-0.2, 0) is 33.5 Å². The molecule has 0 saturated carbocycles. The molecule has 0 saturated heterocycles. The molecule has 0 N–H and O–H groups in total. The molecule has 0 aromatic heterocycles. The van der Waals surface area contributed by atoms with Gasteiger partial charge in [0.05, 0.1) is 0 Å². The number of hydrogen-bond acceptors (Lipinski definition) is 0. The Balaban J connectivity index is 0. The first-order valence-electron chi connectivity index (χ1n) is 0. The first-order chi connectivity index (χ1) is 0. The average Bonchev–Trinajstić information content (AvgIpc) is 0. The van der Waals surface area contributed by atoms with E-state index in [0.717, 1.165) is 0 Å². The maximum Gasteiger partial charge on any atom is 3.00 e. The van der Waals surface area contributed by atoms with Crippen molar-refractivity contribution in [1.29, 1.82) is 0 Å². The van der Waals surface area contributed by atoms with E-state index in [2.05, 4.69) is 0 Å². The van der Waals surface area contributed by atoms with E-state index >= 15 is 0 Å². The molecular weight excluding hydrogens is 179 g/mol. The molecule has 0 spiro atoms. The van der Waals surface area contributed by atoms with Gasteiger partial charge in [-0.3, -0.25) is 0 Å². The molecule has 0 aliphatic heterocycles.